The van der Waals surface area contributed by atoms with E-state index in [1.807, 2.05) is 43.1 Å². The average molecular weight is 554 g/mol. The highest BCUT2D eigenvalue weighted by atomic mass is 19.4. The number of carboxylic acids is 2. The number of nitrogens with zero attached hydrogens (tertiary/aromatic N) is 4. The molecule has 0 spiro atoms. The van der Waals surface area contributed by atoms with Gasteiger partial charge in [-0.05, 0) is 32.4 Å². The summed E-state index contributed by atoms with van der Waals surface area (Å²) in [4.78, 5) is 39.2. The Morgan fingerprint density at radius 1 is 1.03 bits per heavy atom. The van der Waals surface area contributed by atoms with Crippen molar-refractivity contribution in [3.8, 4) is 0 Å². The Morgan fingerprint density at radius 2 is 1.61 bits per heavy atom. The predicted octanol–water partition coefficient (Wildman–Crippen LogP) is 3.33. The third-order valence-corrected chi connectivity index (χ3v) is 5.82. The Morgan fingerprint density at radius 3 is 2.05 bits per heavy atom. The molecule has 2 aliphatic rings. The van der Waals surface area contributed by atoms with Crippen molar-refractivity contribution in [2.45, 2.75) is 64.2 Å². The summed E-state index contributed by atoms with van der Waals surface area (Å²) in [6.45, 7) is 6.28. The van der Waals surface area contributed by atoms with Crippen molar-refractivity contribution in [2.24, 2.45) is 0 Å². The standard InChI is InChI=1S/C18H22N4O2.2C2HF3O2/c1-12-15(13(2)24-20-12)11-22-16-6-8-21(17(16)9-18(22)23)10-14-5-3-4-7-19-14;2*3-2(4,5)1(6)7/h3-5,7,16-17H,6,8-11H2,1-2H3;2*(H,6,7)/t16-,17-;;/m0../s1. The Labute approximate surface area is 211 Å². The van der Waals surface area contributed by atoms with Gasteiger partial charge in [-0.25, -0.2) is 9.59 Å². The zero-order valence-corrected chi connectivity index (χ0v) is 20.1. The number of carboxylic acid groups (broad SMARTS) is 2. The summed E-state index contributed by atoms with van der Waals surface area (Å²) < 4.78 is 68.7. The normalized spacial score (nSPS) is 19.3. The van der Waals surface area contributed by atoms with Crippen LogP contribution in [-0.2, 0) is 27.5 Å². The summed E-state index contributed by atoms with van der Waals surface area (Å²) in [5.74, 6) is -4.47. The second kappa shape index (κ2) is 12.2. The Bertz CT molecular complexity index is 1080. The first kappa shape index (κ1) is 30.5. The van der Waals surface area contributed by atoms with Gasteiger partial charge in [0, 0.05) is 43.4 Å². The maximum atomic E-state index is 12.6. The van der Waals surface area contributed by atoms with Crippen LogP contribution in [0.5, 0.6) is 0 Å². The largest absolute Gasteiger partial charge is 0.490 e. The fourth-order valence-electron chi connectivity index (χ4n) is 4.01. The lowest BCUT2D eigenvalue weighted by Crippen LogP contribution is -2.37. The number of pyridine rings is 1. The number of rotatable bonds is 4. The minimum Gasteiger partial charge on any atom is -0.475 e. The number of fused-ring (bicyclic) bond motifs is 1. The van der Waals surface area contributed by atoms with Crippen molar-refractivity contribution in [3.63, 3.8) is 0 Å². The van der Waals surface area contributed by atoms with E-state index in [4.69, 9.17) is 24.3 Å². The lowest BCUT2D eigenvalue weighted by Gasteiger charge is -2.25. The number of halogens is 6. The van der Waals surface area contributed by atoms with Gasteiger partial charge in [-0.2, -0.15) is 26.3 Å². The number of aliphatic carboxylic acids is 2. The number of aryl methyl sites for hydroxylation is 2. The van der Waals surface area contributed by atoms with Gasteiger partial charge in [0.15, 0.2) is 0 Å². The van der Waals surface area contributed by atoms with Crippen molar-refractivity contribution < 1.29 is 55.5 Å². The third kappa shape index (κ3) is 8.16. The first-order valence-electron chi connectivity index (χ1n) is 11.0. The molecule has 10 nitrogen and oxygen atoms in total. The second-order valence-electron chi connectivity index (χ2n) is 8.35. The molecule has 4 rings (SSSR count). The number of amides is 1. The summed E-state index contributed by atoms with van der Waals surface area (Å²) in [7, 11) is 0. The number of carbonyl (C=O) groups excluding carboxylic acids is 1. The van der Waals surface area contributed by atoms with E-state index in [0.717, 1.165) is 42.2 Å². The number of aromatic nitrogens is 2. The van der Waals surface area contributed by atoms with Crippen LogP contribution in [0, 0.1) is 13.8 Å². The van der Waals surface area contributed by atoms with Crippen LogP contribution in [0.4, 0.5) is 26.3 Å². The van der Waals surface area contributed by atoms with E-state index >= 15 is 0 Å². The molecule has 0 bridgehead atoms. The maximum absolute atomic E-state index is 12.6. The molecular formula is C22H24F6N4O6. The molecular weight excluding hydrogens is 530 g/mol. The van der Waals surface area contributed by atoms with Crippen LogP contribution in [0.2, 0.25) is 0 Å². The van der Waals surface area contributed by atoms with Crippen LogP contribution < -0.4 is 0 Å². The molecule has 2 aromatic rings. The maximum Gasteiger partial charge on any atom is 0.490 e. The quantitative estimate of drug-likeness (QED) is 0.546. The summed E-state index contributed by atoms with van der Waals surface area (Å²) in [5.41, 5.74) is 2.99. The van der Waals surface area contributed by atoms with E-state index in [-0.39, 0.29) is 11.9 Å². The minimum atomic E-state index is -5.08. The van der Waals surface area contributed by atoms with Gasteiger partial charge >= 0.3 is 24.3 Å². The van der Waals surface area contributed by atoms with Gasteiger partial charge < -0.3 is 19.6 Å². The SMILES string of the molecule is Cc1noc(C)c1CN1C(=O)C[C@H]2[C@@H]1CCN2Cc1ccccn1.O=C(O)C(F)(F)F.O=C(O)C(F)(F)F. The highest BCUT2D eigenvalue weighted by Gasteiger charge is 2.46. The van der Waals surface area contributed by atoms with E-state index in [9.17, 15) is 31.1 Å². The molecule has 16 heteroatoms. The van der Waals surface area contributed by atoms with Crippen molar-refractivity contribution in [1.29, 1.82) is 0 Å². The fraction of sp³-hybridized carbons (Fsp3) is 0.500. The number of hydrogen-bond acceptors (Lipinski definition) is 7. The van der Waals surface area contributed by atoms with E-state index in [2.05, 4.69) is 15.0 Å². The smallest absolute Gasteiger partial charge is 0.475 e. The van der Waals surface area contributed by atoms with Crippen LogP contribution >= 0.6 is 0 Å². The molecule has 0 saturated carbocycles. The highest BCUT2D eigenvalue weighted by molar-refractivity contribution is 5.80. The zero-order chi connectivity index (χ0) is 28.8. The molecule has 2 N–H and O–H groups in total. The predicted molar refractivity (Wildman–Crippen MR) is 115 cm³/mol. The zero-order valence-electron chi connectivity index (χ0n) is 20.1. The highest BCUT2D eigenvalue weighted by Crippen LogP contribution is 2.35. The van der Waals surface area contributed by atoms with Gasteiger partial charge in [-0.3, -0.25) is 14.7 Å². The molecule has 1 amide bonds. The van der Waals surface area contributed by atoms with Crippen molar-refractivity contribution in [3.05, 3.63) is 47.1 Å². The van der Waals surface area contributed by atoms with Gasteiger partial charge in [0.05, 0.1) is 17.9 Å². The van der Waals surface area contributed by atoms with Gasteiger partial charge in [0.2, 0.25) is 5.91 Å². The first-order chi connectivity index (χ1) is 17.5. The summed E-state index contributed by atoms with van der Waals surface area (Å²) in [6.07, 6.45) is -6.72. The van der Waals surface area contributed by atoms with Crippen LogP contribution in [0.25, 0.3) is 0 Å². The lowest BCUT2D eigenvalue weighted by atomic mass is 10.1. The molecule has 2 fully saturated rings. The first-order valence-corrected chi connectivity index (χ1v) is 11.0. The van der Waals surface area contributed by atoms with E-state index in [1.165, 1.54) is 0 Å². The fourth-order valence-corrected chi connectivity index (χ4v) is 4.01. The van der Waals surface area contributed by atoms with E-state index in [1.54, 1.807) is 0 Å². The van der Waals surface area contributed by atoms with Crippen LogP contribution in [-0.4, -0.2) is 79.0 Å². The molecule has 2 atom stereocenters. The Kier molecular flexibility index (Phi) is 9.83. The second-order valence-corrected chi connectivity index (χ2v) is 8.35. The van der Waals surface area contributed by atoms with Crippen molar-refractivity contribution in [2.75, 3.05) is 6.54 Å². The number of carbonyl (C=O) groups is 3. The molecule has 0 radical (unpaired) electrons. The van der Waals surface area contributed by atoms with Gasteiger partial charge in [-0.1, -0.05) is 11.2 Å². The molecule has 2 aliphatic heterocycles. The number of hydrogen-bond donors (Lipinski definition) is 2. The van der Waals surface area contributed by atoms with E-state index in [0.29, 0.717) is 19.0 Å². The lowest BCUT2D eigenvalue weighted by molar-refractivity contribution is -0.193. The summed E-state index contributed by atoms with van der Waals surface area (Å²) in [5, 5.41) is 18.3. The molecule has 210 valence electrons. The topological polar surface area (TPSA) is 137 Å². The summed E-state index contributed by atoms with van der Waals surface area (Å²) in [6, 6.07) is 6.57. The van der Waals surface area contributed by atoms with Crippen molar-refractivity contribution in [1.82, 2.24) is 19.9 Å². The molecule has 0 aliphatic carbocycles. The third-order valence-electron chi connectivity index (χ3n) is 5.82. The van der Waals surface area contributed by atoms with E-state index < -0.39 is 24.3 Å². The van der Waals surface area contributed by atoms with Crippen LogP contribution in [0.1, 0.15) is 35.6 Å². The summed E-state index contributed by atoms with van der Waals surface area (Å²) >= 11 is 0. The number of likely N-dealkylation sites (tertiary alicyclic amines) is 2. The molecule has 0 unspecified atom stereocenters. The molecule has 0 aromatic carbocycles. The molecule has 4 heterocycles. The van der Waals surface area contributed by atoms with Crippen LogP contribution in [0.15, 0.2) is 28.9 Å². The van der Waals surface area contributed by atoms with Crippen molar-refractivity contribution >= 4 is 17.8 Å². The van der Waals surface area contributed by atoms with Gasteiger partial charge in [0.1, 0.15) is 5.76 Å². The average Bonchev–Trinajstić information content (AvgIpc) is 3.44. The van der Waals surface area contributed by atoms with Gasteiger partial charge in [0.25, 0.3) is 0 Å². The van der Waals surface area contributed by atoms with Crippen LogP contribution in [0.3, 0.4) is 0 Å². The minimum absolute atomic E-state index is 0.232. The Balaban J connectivity index is 0.000000301. The molecule has 2 aromatic heterocycles. The van der Waals surface area contributed by atoms with Gasteiger partial charge in [-0.15, -0.1) is 0 Å². The Hall–Kier alpha value is -3.69. The number of alkyl halides is 6. The monoisotopic (exact) mass is 554 g/mol. The molecule has 38 heavy (non-hydrogen) atoms. The molecule has 2 saturated heterocycles.